The molecule has 0 aromatic rings. The molecule has 1 rings (SSSR count). The number of hydrogen-bond donors (Lipinski definition) is 1. The molecule has 1 N–H and O–H groups in total. The van der Waals surface area contributed by atoms with Crippen LogP contribution >= 0.6 is 11.8 Å². The zero-order valence-electron chi connectivity index (χ0n) is 7.84. The Balaban J connectivity index is 2.43. The molecule has 1 heterocycles. The van der Waals surface area contributed by atoms with E-state index in [0.717, 1.165) is 6.42 Å². The zero-order chi connectivity index (χ0) is 11.5. The third kappa shape index (κ3) is 3.57. The van der Waals surface area contributed by atoms with E-state index in [1.807, 2.05) is 0 Å². The molecule has 0 aromatic carbocycles. The molecule has 0 radical (unpaired) electrons. The van der Waals surface area contributed by atoms with Gasteiger partial charge < -0.3 is 5.11 Å². The molecule has 0 aliphatic carbocycles. The highest BCUT2D eigenvalue weighted by Crippen LogP contribution is 2.41. The molecule has 0 amide bonds. The smallest absolute Gasteiger partial charge is 0.480 e. The number of halogens is 3. The molecule has 7 heteroatoms. The van der Waals surface area contributed by atoms with Crippen molar-refractivity contribution in [2.24, 2.45) is 0 Å². The molecule has 0 spiro atoms. The van der Waals surface area contributed by atoms with Crippen LogP contribution in [-0.2, 0) is 9.53 Å². The van der Waals surface area contributed by atoms with E-state index in [-0.39, 0.29) is 6.42 Å². The van der Waals surface area contributed by atoms with Crippen molar-refractivity contribution < 1.29 is 27.8 Å². The van der Waals surface area contributed by atoms with Crippen molar-refractivity contribution >= 4 is 17.7 Å². The van der Waals surface area contributed by atoms with Crippen molar-refractivity contribution in [2.45, 2.75) is 30.4 Å². The van der Waals surface area contributed by atoms with Crippen molar-refractivity contribution in [3.8, 4) is 0 Å². The van der Waals surface area contributed by atoms with E-state index in [1.54, 1.807) is 0 Å². The lowest BCUT2D eigenvalue weighted by Crippen LogP contribution is -2.34. The molecular weight excluding hydrogens is 233 g/mol. The topological polar surface area (TPSA) is 46.5 Å². The summed E-state index contributed by atoms with van der Waals surface area (Å²) in [5.41, 5.74) is 0. The normalized spacial score (nSPS) is 26.9. The zero-order valence-corrected chi connectivity index (χ0v) is 8.66. The van der Waals surface area contributed by atoms with Crippen LogP contribution in [0.2, 0.25) is 0 Å². The Morgan fingerprint density at radius 3 is 2.60 bits per heavy atom. The summed E-state index contributed by atoms with van der Waals surface area (Å²) in [7, 11) is 0. The largest absolute Gasteiger partial charge is 0.522 e. The van der Waals surface area contributed by atoms with Gasteiger partial charge in [0.25, 0.3) is 0 Å². The van der Waals surface area contributed by atoms with Crippen LogP contribution in [0.4, 0.5) is 13.2 Å². The molecular formula is C8H11F3O3S. The van der Waals surface area contributed by atoms with Crippen molar-refractivity contribution in [1.29, 1.82) is 0 Å². The molecule has 0 aromatic heterocycles. The number of rotatable bonds is 4. The summed E-state index contributed by atoms with van der Waals surface area (Å²) in [6.07, 6.45) is -3.65. The second-order valence-corrected chi connectivity index (χ2v) is 4.77. The van der Waals surface area contributed by atoms with Crippen LogP contribution in [0.15, 0.2) is 0 Å². The lowest BCUT2D eigenvalue weighted by Gasteiger charge is -2.22. The van der Waals surface area contributed by atoms with E-state index in [0.29, 0.717) is 12.2 Å². The minimum Gasteiger partial charge on any atom is -0.480 e. The predicted molar refractivity (Wildman–Crippen MR) is 48.7 cm³/mol. The summed E-state index contributed by atoms with van der Waals surface area (Å²) >= 11 is 1.20. The van der Waals surface area contributed by atoms with Crippen LogP contribution in [0.3, 0.4) is 0 Å². The van der Waals surface area contributed by atoms with Gasteiger partial charge in [0.2, 0.25) is 0 Å². The molecule has 1 atom stereocenters. The van der Waals surface area contributed by atoms with Gasteiger partial charge in [-0.15, -0.1) is 24.9 Å². The summed E-state index contributed by atoms with van der Waals surface area (Å²) < 4.78 is 37.5. The molecule has 88 valence electrons. The Morgan fingerprint density at radius 2 is 2.20 bits per heavy atom. The van der Waals surface area contributed by atoms with Crippen LogP contribution in [0, 0.1) is 0 Å². The molecule has 1 unspecified atom stereocenters. The minimum atomic E-state index is -4.68. The molecule has 1 aliphatic rings. The van der Waals surface area contributed by atoms with Crippen molar-refractivity contribution in [3.63, 3.8) is 0 Å². The second kappa shape index (κ2) is 4.61. The van der Waals surface area contributed by atoms with E-state index >= 15 is 0 Å². The van der Waals surface area contributed by atoms with E-state index in [9.17, 15) is 18.0 Å². The maximum atomic E-state index is 11.7. The van der Waals surface area contributed by atoms with Crippen LogP contribution < -0.4 is 0 Å². The molecule has 0 saturated carbocycles. The van der Waals surface area contributed by atoms with Gasteiger partial charge in [0.05, 0.1) is 6.61 Å². The van der Waals surface area contributed by atoms with Crippen LogP contribution in [0.5, 0.6) is 0 Å². The molecule has 1 saturated heterocycles. The average Bonchev–Trinajstić information content (AvgIpc) is 2.51. The quantitative estimate of drug-likeness (QED) is 0.824. The average molecular weight is 244 g/mol. The van der Waals surface area contributed by atoms with Crippen molar-refractivity contribution in [2.75, 3.05) is 12.4 Å². The van der Waals surface area contributed by atoms with Gasteiger partial charge in [0.15, 0.2) is 0 Å². The predicted octanol–water partition coefficient (Wildman–Crippen LogP) is 2.26. The molecule has 1 aliphatic heterocycles. The highest BCUT2D eigenvalue weighted by molar-refractivity contribution is 8.01. The van der Waals surface area contributed by atoms with E-state index < -0.39 is 23.7 Å². The van der Waals surface area contributed by atoms with Crippen molar-refractivity contribution in [1.82, 2.24) is 0 Å². The summed E-state index contributed by atoms with van der Waals surface area (Å²) in [4.78, 5) is 10.9. The van der Waals surface area contributed by atoms with Gasteiger partial charge in [0, 0.05) is 0 Å². The summed E-state index contributed by atoms with van der Waals surface area (Å²) in [5, 5.41) is 8.94. The first-order valence-corrected chi connectivity index (χ1v) is 5.42. The molecule has 0 bridgehead atoms. The second-order valence-electron chi connectivity index (χ2n) is 3.30. The summed E-state index contributed by atoms with van der Waals surface area (Å²) in [6, 6.07) is 0. The highest BCUT2D eigenvalue weighted by atomic mass is 32.2. The number of carboxylic acids is 1. The highest BCUT2D eigenvalue weighted by Gasteiger charge is 2.42. The summed E-state index contributed by atoms with van der Waals surface area (Å²) in [6.45, 7) is -0.594. The molecule has 3 nitrogen and oxygen atoms in total. The van der Waals surface area contributed by atoms with Crippen molar-refractivity contribution in [3.05, 3.63) is 0 Å². The first kappa shape index (κ1) is 12.6. The number of aliphatic carboxylic acids is 1. The van der Waals surface area contributed by atoms with Gasteiger partial charge in [-0.3, -0.25) is 9.53 Å². The Morgan fingerprint density at radius 1 is 1.53 bits per heavy atom. The number of hydrogen-bond acceptors (Lipinski definition) is 3. The number of thioether (sulfide) groups is 1. The SMILES string of the molecule is O=C(O)C1(CCOC(F)(F)F)CCCS1. The van der Waals surface area contributed by atoms with Gasteiger partial charge in [-0.05, 0) is 25.0 Å². The number of alkyl halides is 3. The van der Waals surface area contributed by atoms with Crippen LogP contribution in [0.1, 0.15) is 19.3 Å². The minimum absolute atomic E-state index is 0.105. The monoisotopic (exact) mass is 244 g/mol. The van der Waals surface area contributed by atoms with Crippen LogP contribution in [0.25, 0.3) is 0 Å². The Kier molecular flexibility index (Phi) is 3.88. The van der Waals surface area contributed by atoms with Gasteiger partial charge in [-0.2, -0.15) is 0 Å². The first-order chi connectivity index (χ1) is 6.86. The van der Waals surface area contributed by atoms with E-state index in [2.05, 4.69) is 4.74 Å². The summed E-state index contributed by atoms with van der Waals surface area (Å²) in [5.74, 6) is -0.367. The standard InChI is InChI=1S/C8H11F3O3S/c9-8(10,11)14-4-3-7(6(12)13)2-1-5-15-7/h1-5H2,(H,12,13). The third-order valence-corrected chi connectivity index (χ3v) is 3.89. The fourth-order valence-corrected chi connectivity index (χ4v) is 2.82. The number of carbonyl (C=O) groups is 1. The maximum Gasteiger partial charge on any atom is 0.522 e. The van der Waals surface area contributed by atoms with Gasteiger partial charge in [-0.1, -0.05) is 0 Å². The third-order valence-electron chi connectivity index (χ3n) is 2.26. The number of carboxylic acid groups (broad SMARTS) is 1. The van der Waals surface area contributed by atoms with E-state index in [1.165, 1.54) is 11.8 Å². The lowest BCUT2D eigenvalue weighted by molar-refractivity contribution is -0.325. The number of ether oxygens (including phenoxy) is 1. The molecule has 15 heavy (non-hydrogen) atoms. The van der Waals surface area contributed by atoms with Gasteiger partial charge in [0.1, 0.15) is 4.75 Å². The van der Waals surface area contributed by atoms with Gasteiger partial charge >= 0.3 is 12.3 Å². The Labute approximate surface area is 89.0 Å². The maximum absolute atomic E-state index is 11.7. The first-order valence-electron chi connectivity index (χ1n) is 4.44. The fraction of sp³-hybridized carbons (Fsp3) is 0.875. The van der Waals surface area contributed by atoms with E-state index in [4.69, 9.17) is 5.11 Å². The van der Waals surface area contributed by atoms with Gasteiger partial charge in [-0.25, -0.2) is 0 Å². The lowest BCUT2D eigenvalue weighted by atomic mass is 10.00. The van der Waals surface area contributed by atoms with Crippen LogP contribution in [-0.4, -0.2) is 34.5 Å². The Bertz CT molecular complexity index is 236. The fourth-order valence-electron chi connectivity index (χ4n) is 1.50. The molecule has 1 fully saturated rings. The Hall–Kier alpha value is -0.430.